The van der Waals surface area contributed by atoms with Gasteiger partial charge in [-0.3, -0.25) is 4.99 Å². The first kappa shape index (κ1) is 16.1. The molecule has 1 aliphatic heterocycles. The Morgan fingerprint density at radius 1 is 1.38 bits per heavy atom. The maximum atomic E-state index is 13.5. The average Bonchev–Trinajstić information content (AvgIpc) is 2.91. The molecule has 1 heterocycles. The van der Waals surface area contributed by atoms with Gasteiger partial charge in [0.1, 0.15) is 5.82 Å². The Morgan fingerprint density at radius 2 is 2.19 bits per heavy atom. The summed E-state index contributed by atoms with van der Waals surface area (Å²) in [5.41, 5.74) is 0.735. The average molecular weight is 309 g/mol. The Balaban J connectivity index is 1.74. The Morgan fingerprint density at radius 3 is 2.86 bits per heavy atom. The standard InChI is InChI=1S/C16H24FN3S/c1-16(9-5-11-21-16)12-20-15(18-2)19-10-8-13-6-3-4-7-14(13)17/h3-4,6-7H,5,8-12H2,1-2H3,(H2,18,19,20). The molecule has 1 atom stereocenters. The van der Waals surface area contributed by atoms with E-state index < -0.39 is 0 Å². The molecule has 0 aliphatic carbocycles. The van der Waals surface area contributed by atoms with Crippen LogP contribution in [0.25, 0.3) is 0 Å². The third-order valence-corrected chi connectivity index (χ3v) is 5.34. The normalized spacial score (nSPS) is 22.3. The highest BCUT2D eigenvalue weighted by molar-refractivity contribution is 8.00. The second kappa shape index (κ2) is 7.69. The van der Waals surface area contributed by atoms with Crippen molar-refractivity contribution in [3.8, 4) is 0 Å². The van der Waals surface area contributed by atoms with Crippen LogP contribution in [0.5, 0.6) is 0 Å². The molecular formula is C16H24FN3S. The quantitative estimate of drug-likeness (QED) is 0.649. The number of aliphatic imine (C=N–C) groups is 1. The van der Waals surface area contributed by atoms with Gasteiger partial charge in [-0.2, -0.15) is 11.8 Å². The zero-order valence-electron chi connectivity index (χ0n) is 12.8. The molecule has 0 bridgehead atoms. The number of hydrogen-bond donors (Lipinski definition) is 2. The SMILES string of the molecule is CN=C(NCCc1ccccc1F)NCC1(C)CCCS1. The van der Waals surface area contributed by atoms with Gasteiger partial charge in [0.15, 0.2) is 5.96 Å². The van der Waals surface area contributed by atoms with Gasteiger partial charge in [-0.25, -0.2) is 4.39 Å². The van der Waals surface area contributed by atoms with Gasteiger partial charge in [0.2, 0.25) is 0 Å². The summed E-state index contributed by atoms with van der Waals surface area (Å²) in [6.07, 6.45) is 3.19. The molecule has 0 spiro atoms. The highest BCUT2D eigenvalue weighted by atomic mass is 32.2. The van der Waals surface area contributed by atoms with Crippen LogP contribution in [0.15, 0.2) is 29.3 Å². The van der Waals surface area contributed by atoms with Crippen molar-refractivity contribution < 1.29 is 4.39 Å². The third kappa shape index (κ3) is 4.92. The highest BCUT2D eigenvalue weighted by Gasteiger charge is 2.29. The molecule has 0 amide bonds. The summed E-state index contributed by atoms with van der Waals surface area (Å²) < 4.78 is 13.8. The minimum atomic E-state index is -0.142. The van der Waals surface area contributed by atoms with Crippen LogP contribution in [-0.2, 0) is 6.42 Å². The van der Waals surface area contributed by atoms with Crippen LogP contribution < -0.4 is 10.6 Å². The first-order chi connectivity index (χ1) is 10.1. The summed E-state index contributed by atoms with van der Waals surface area (Å²) in [6, 6.07) is 6.90. The summed E-state index contributed by atoms with van der Waals surface area (Å²) in [4.78, 5) is 4.23. The Labute approximate surface area is 130 Å². The molecule has 3 nitrogen and oxygen atoms in total. The van der Waals surface area contributed by atoms with Gasteiger partial charge in [0.05, 0.1) is 0 Å². The fourth-order valence-corrected chi connectivity index (χ4v) is 3.73. The smallest absolute Gasteiger partial charge is 0.191 e. The van der Waals surface area contributed by atoms with E-state index in [0.717, 1.165) is 18.1 Å². The van der Waals surface area contributed by atoms with E-state index in [1.807, 2.05) is 23.9 Å². The van der Waals surface area contributed by atoms with E-state index in [9.17, 15) is 4.39 Å². The summed E-state index contributed by atoms with van der Waals surface area (Å²) in [7, 11) is 1.77. The predicted octanol–water partition coefficient (Wildman–Crippen LogP) is 2.82. The Kier molecular flexibility index (Phi) is 5.91. The van der Waals surface area contributed by atoms with Crippen molar-refractivity contribution >= 4 is 17.7 Å². The summed E-state index contributed by atoms with van der Waals surface area (Å²) in [5.74, 6) is 1.90. The molecular weight excluding hydrogens is 285 g/mol. The van der Waals surface area contributed by atoms with Crippen molar-refractivity contribution in [2.75, 3.05) is 25.9 Å². The highest BCUT2D eigenvalue weighted by Crippen LogP contribution is 2.36. The number of benzene rings is 1. The zero-order valence-corrected chi connectivity index (χ0v) is 13.6. The van der Waals surface area contributed by atoms with Gasteiger partial charge in [-0.1, -0.05) is 18.2 Å². The lowest BCUT2D eigenvalue weighted by Gasteiger charge is -2.24. The van der Waals surface area contributed by atoms with E-state index >= 15 is 0 Å². The van der Waals surface area contributed by atoms with Crippen LogP contribution in [0.1, 0.15) is 25.3 Å². The lowest BCUT2D eigenvalue weighted by Crippen LogP contribution is -2.44. The van der Waals surface area contributed by atoms with Crippen molar-refractivity contribution in [2.45, 2.75) is 30.9 Å². The monoisotopic (exact) mass is 309 g/mol. The van der Waals surface area contributed by atoms with Crippen molar-refractivity contribution in [1.82, 2.24) is 10.6 Å². The molecule has 1 aromatic carbocycles. The predicted molar refractivity (Wildman–Crippen MR) is 89.6 cm³/mol. The van der Waals surface area contributed by atoms with E-state index in [1.165, 1.54) is 24.7 Å². The third-order valence-electron chi connectivity index (χ3n) is 3.80. The van der Waals surface area contributed by atoms with Crippen molar-refractivity contribution in [1.29, 1.82) is 0 Å². The fraction of sp³-hybridized carbons (Fsp3) is 0.562. The maximum Gasteiger partial charge on any atom is 0.191 e. The number of rotatable bonds is 5. The number of thioether (sulfide) groups is 1. The molecule has 0 radical (unpaired) electrons. The largest absolute Gasteiger partial charge is 0.356 e. The molecule has 1 fully saturated rings. The molecule has 0 aromatic heterocycles. The van der Waals surface area contributed by atoms with E-state index in [4.69, 9.17) is 0 Å². The van der Waals surface area contributed by atoms with Gasteiger partial charge in [0.25, 0.3) is 0 Å². The number of guanidine groups is 1. The Hall–Kier alpha value is -1.23. The second-order valence-electron chi connectivity index (χ2n) is 5.60. The van der Waals surface area contributed by atoms with Crippen LogP contribution in [-0.4, -0.2) is 36.6 Å². The Bertz CT molecular complexity index is 484. The molecule has 5 heteroatoms. The second-order valence-corrected chi connectivity index (χ2v) is 7.28. The minimum Gasteiger partial charge on any atom is -0.356 e. The molecule has 116 valence electrons. The van der Waals surface area contributed by atoms with Crippen LogP contribution in [0, 0.1) is 5.82 Å². The topological polar surface area (TPSA) is 36.4 Å². The summed E-state index contributed by atoms with van der Waals surface area (Å²) >= 11 is 2.02. The van der Waals surface area contributed by atoms with Crippen molar-refractivity contribution in [3.05, 3.63) is 35.6 Å². The number of hydrogen-bond acceptors (Lipinski definition) is 2. The molecule has 2 rings (SSSR count). The van der Waals surface area contributed by atoms with E-state index in [2.05, 4.69) is 22.5 Å². The number of nitrogens with one attached hydrogen (secondary N) is 2. The molecule has 1 aromatic rings. The van der Waals surface area contributed by atoms with Crippen LogP contribution in [0.2, 0.25) is 0 Å². The molecule has 1 aliphatic rings. The van der Waals surface area contributed by atoms with Crippen LogP contribution in [0.4, 0.5) is 4.39 Å². The van der Waals surface area contributed by atoms with Crippen molar-refractivity contribution in [3.63, 3.8) is 0 Å². The fourth-order valence-electron chi connectivity index (χ4n) is 2.48. The first-order valence-corrected chi connectivity index (χ1v) is 8.43. The van der Waals surface area contributed by atoms with Crippen LogP contribution >= 0.6 is 11.8 Å². The van der Waals surface area contributed by atoms with Gasteiger partial charge in [-0.15, -0.1) is 0 Å². The lowest BCUT2D eigenvalue weighted by atomic mass is 10.1. The van der Waals surface area contributed by atoms with Gasteiger partial charge in [0, 0.05) is 24.9 Å². The molecule has 2 N–H and O–H groups in total. The molecule has 0 saturated carbocycles. The molecule has 1 unspecified atom stereocenters. The summed E-state index contributed by atoms with van der Waals surface area (Å²) in [5, 5.41) is 6.63. The first-order valence-electron chi connectivity index (χ1n) is 7.45. The van der Waals surface area contributed by atoms with Crippen molar-refractivity contribution in [2.24, 2.45) is 4.99 Å². The van der Waals surface area contributed by atoms with E-state index in [1.54, 1.807) is 13.1 Å². The summed E-state index contributed by atoms with van der Waals surface area (Å²) in [6.45, 7) is 3.88. The molecule has 21 heavy (non-hydrogen) atoms. The van der Waals surface area contributed by atoms with Gasteiger partial charge >= 0.3 is 0 Å². The minimum absolute atomic E-state index is 0.142. The van der Waals surface area contributed by atoms with E-state index in [0.29, 0.717) is 17.7 Å². The van der Waals surface area contributed by atoms with Gasteiger partial charge < -0.3 is 10.6 Å². The zero-order chi connectivity index (χ0) is 15.1. The van der Waals surface area contributed by atoms with Crippen LogP contribution in [0.3, 0.4) is 0 Å². The maximum absolute atomic E-state index is 13.5. The number of nitrogens with zero attached hydrogens (tertiary/aromatic N) is 1. The lowest BCUT2D eigenvalue weighted by molar-refractivity contribution is 0.583. The van der Waals surface area contributed by atoms with E-state index in [-0.39, 0.29) is 5.82 Å². The molecule has 1 saturated heterocycles. The van der Waals surface area contributed by atoms with Gasteiger partial charge in [-0.05, 0) is 43.6 Å². The number of halogens is 1.